The zero-order valence-corrected chi connectivity index (χ0v) is 9.82. The average molecular weight is 296 g/mol. The molecule has 15 heavy (non-hydrogen) atoms. The Morgan fingerprint density at radius 3 is 2.73 bits per heavy atom. The normalized spacial score (nSPS) is 10.4. The van der Waals surface area contributed by atoms with Crippen molar-refractivity contribution < 1.29 is 8.78 Å². The summed E-state index contributed by atoms with van der Waals surface area (Å²) in [5.41, 5.74) is 0.730. The molecule has 0 aliphatic heterocycles. The van der Waals surface area contributed by atoms with Gasteiger partial charge in [0, 0.05) is 5.56 Å². The van der Waals surface area contributed by atoms with Gasteiger partial charge in [-0.25, -0.2) is 13.8 Å². The Balaban J connectivity index is 3.26. The lowest BCUT2D eigenvalue weighted by molar-refractivity contribution is 0.145. The highest BCUT2D eigenvalue weighted by atomic mass is 79.9. The van der Waals surface area contributed by atoms with Crippen LogP contribution in [0.25, 0.3) is 0 Å². The van der Waals surface area contributed by atoms with E-state index in [9.17, 15) is 8.78 Å². The van der Waals surface area contributed by atoms with E-state index in [4.69, 9.17) is 16.9 Å². The van der Waals surface area contributed by atoms with E-state index in [1.165, 1.54) is 6.07 Å². The summed E-state index contributed by atoms with van der Waals surface area (Å²) in [6.07, 6.45) is -2.61. The first-order valence-electron chi connectivity index (χ1n) is 3.99. The molecule has 0 aliphatic rings. The maximum Gasteiger partial charge on any atom is 0.280 e. The fourth-order valence-electron chi connectivity index (χ4n) is 1.11. The number of halogens is 4. The van der Waals surface area contributed by atoms with Crippen LogP contribution in [0.15, 0.2) is 10.7 Å². The molecule has 0 spiro atoms. The maximum atomic E-state index is 12.4. The van der Waals surface area contributed by atoms with Gasteiger partial charge in [0.2, 0.25) is 0 Å². The summed E-state index contributed by atoms with van der Waals surface area (Å²) >= 11 is 8.70. The second-order valence-corrected chi connectivity index (χ2v) is 3.76. The quantitative estimate of drug-likeness (QED) is 0.631. The lowest BCUT2D eigenvalue weighted by Crippen LogP contribution is -2.00. The Hall–Kier alpha value is -0.730. The molecule has 1 rings (SSSR count). The highest BCUT2D eigenvalue weighted by Gasteiger charge is 2.15. The Morgan fingerprint density at radius 2 is 2.27 bits per heavy atom. The standard InChI is InChI=1S/C9H6BrClF2N2/c10-8-6(4-11)5(1-2-14)3-7(15-8)9(12)13/h3,9H,1,4H2. The molecule has 1 aromatic rings. The van der Waals surface area contributed by atoms with Gasteiger partial charge in [-0.2, -0.15) is 5.26 Å². The number of hydrogen-bond acceptors (Lipinski definition) is 2. The van der Waals surface area contributed by atoms with Gasteiger partial charge in [0.15, 0.2) is 0 Å². The van der Waals surface area contributed by atoms with Gasteiger partial charge in [-0.3, -0.25) is 0 Å². The molecule has 1 heterocycles. The number of rotatable bonds is 3. The third kappa shape index (κ3) is 2.86. The molecular formula is C9H6BrClF2N2. The zero-order chi connectivity index (χ0) is 11.4. The molecule has 2 nitrogen and oxygen atoms in total. The van der Waals surface area contributed by atoms with Crippen molar-refractivity contribution in [1.29, 1.82) is 5.26 Å². The van der Waals surface area contributed by atoms with E-state index >= 15 is 0 Å². The molecular weight excluding hydrogens is 289 g/mol. The summed E-state index contributed by atoms with van der Waals surface area (Å²) in [5.74, 6) is 0.133. The first-order chi connectivity index (χ1) is 7.10. The molecule has 1 aromatic heterocycles. The van der Waals surface area contributed by atoms with E-state index in [2.05, 4.69) is 20.9 Å². The topological polar surface area (TPSA) is 36.7 Å². The smallest absolute Gasteiger partial charge is 0.240 e. The number of alkyl halides is 3. The minimum Gasteiger partial charge on any atom is -0.240 e. The fourth-order valence-corrected chi connectivity index (χ4v) is 2.17. The van der Waals surface area contributed by atoms with Crippen LogP contribution in [0.4, 0.5) is 8.78 Å². The van der Waals surface area contributed by atoms with Crippen LogP contribution in [0.1, 0.15) is 23.2 Å². The Morgan fingerprint density at radius 1 is 1.60 bits per heavy atom. The van der Waals surface area contributed by atoms with E-state index in [1.54, 1.807) is 0 Å². The Bertz CT molecular complexity index is 404. The van der Waals surface area contributed by atoms with Crippen LogP contribution in [0, 0.1) is 11.3 Å². The number of pyridine rings is 1. The van der Waals surface area contributed by atoms with Crippen LogP contribution >= 0.6 is 27.5 Å². The van der Waals surface area contributed by atoms with E-state index in [0.29, 0.717) is 11.1 Å². The predicted molar refractivity (Wildman–Crippen MR) is 55.8 cm³/mol. The van der Waals surface area contributed by atoms with E-state index < -0.39 is 6.43 Å². The van der Waals surface area contributed by atoms with Crippen LogP contribution < -0.4 is 0 Å². The molecule has 0 radical (unpaired) electrons. The molecule has 0 fully saturated rings. The van der Waals surface area contributed by atoms with Crippen LogP contribution in [0.2, 0.25) is 0 Å². The van der Waals surface area contributed by atoms with Gasteiger partial charge in [0.25, 0.3) is 6.43 Å². The molecule has 6 heteroatoms. The van der Waals surface area contributed by atoms with Crippen LogP contribution in [-0.2, 0) is 12.3 Å². The van der Waals surface area contributed by atoms with Crippen LogP contribution in [0.5, 0.6) is 0 Å². The third-order valence-electron chi connectivity index (χ3n) is 1.81. The molecule has 0 N–H and O–H groups in total. The Kier molecular flexibility index (Phi) is 4.43. The lowest BCUT2D eigenvalue weighted by atomic mass is 10.1. The largest absolute Gasteiger partial charge is 0.280 e. The van der Waals surface area contributed by atoms with Crippen molar-refractivity contribution in [2.75, 3.05) is 0 Å². The van der Waals surface area contributed by atoms with Gasteiger partial charge in [-0.05, 0) is 27.6 Å². The molecule has 0 aromatic carbocycles. The van der Waals surface area contributed by atoms with Gasteiger partial charge >= 0.3 is 0 Å². The highest BCUT2D eigenvalue weighted by molar-refractivity contribution is 9.10. The molecule has 0 saturated carbocycles. The van der Waals surface area contributed by atoms with Gasteiger partial charge in [-0.15, -0.1) is 11.6 Å². The number of nitriles is 1. The summed E-state index contributed by atoms with van der Waals surface area (Å²) in [5, 5.41) is 8.54. The van der Waals surface area contributed by atoms with Crippen molar-refractivity contribution >= 4 is 27.5 Å². The molecule has 0 atom stereocenters. The van der Waals surface area contributed by atoms with Gasteiger partial charge in [0.1, 0.15) is 10.3 Å². The maximum absolute atomic E-state index is 12.4. The molecule has 0 unspecified atom stereocenters. The first-order valence-corrected chi connectivity index (χ1v) is 5.32. The molecule has 0 amide bonds. The van der Waals surface area contributed by atoms with Crippen molar-refractivity contribution in [2.45, 2.75) is 18.7 Å². The van der Waals surface area contributed by atoms with Crippen LogP contribution in [0.3, 0.4) is 0 Å². The van der Waals surface area contributed by atoms with E-state index in [-0.39, 0.29) is 22.6 Å². The summed E-state index contributed by atoms with van der Waals surface area (Å²) in [6.45, 7) is 0. The van der Waals surface area contributed by atoms with E-state index in [1.807, 2.05) is 6.07 Å². The minimum atomic E-state index is -2.65. The summed E-state index contributed by atoms with van der Waals surface area (Å²) in [7, 11) is 0. The second kappa shape index (κ2) is 5.38. The summed E-state index contributed by atoms with van der Waals surface area (Å²) in [4.78, 5) is 3.66. The number of aromatic nitrogens is 1. The SMILES string of the molecule is N#CCc1cc(C(F)F)nc(Br)c1CCl. The number of hydrogen-bond donors (Lipinski definition) is 0. The zero-order valence-electron chi connectivity index (χ0n) is 7.48. The average Bonchev–Trinajstić information content (AvgIpc) is 2.17. The van der Waals surface area contributed by atoms with Gasteiger partial charge < -0.3 is 0 Å². The molecule has 80 valence electrons. The van der Waals surface area contributed by atoms with Crippen molar-refractivity contribution in [3.8, 4) is 6.07 Å². The fraction of sp³-hybridized carbons (Fsp3) is 0.333. The lowest BCUT2D eigenvalue weighted by Gasteiger charge is -2.08. The third-order valence-corrected chi connectivity index (χ3v) is 2.74. The second-order valence-electron chi connectivity index (χ2n) is 2.74. The van der Waals surface area contributed by atoms with Crippen molar-refractivity contribution in [2.24, 2.45) is 0 Å². The highest BCUT2D eigenvalue weighted by Crippen LogP contribution is 2.26. The van der Waals surface area contributed by atoms with Gasteiger partial charge in [-0.1, -0.05) is 0 Å². The first kappa shape index (κ1) is 12.3. The van der Waals surface area contributed by atoms with Crippen molar-refractivity contribution in [1.82, 2.24) is 4.98 Å². The van der Waals surface area contributed by atoms with Gasteiger partial charge in [0.05, 0.1) is 18.4 Å². The summed E-state index contributed by atoms with van der Waals surface area (Å²) in [6, 6.07) is 3.12. The monoisotopic (exact) mass is 294 g/mol. The van der Waals surface area contributed by atoms with Crippen molar-refractivity contribution in [3.63, 3.8) is 0 Å². The molecule has 0 aliphatic carbocycles. The number of nitrogens with zero attached hydrogens (tertiary/aromatic N) is 2. The van der Waals surface area contributed by atoms with E-state index in [0.717, 1.165) is 0 Å². The van der Waals surface area contributed by atoms with Crippen molar-refractivity contribution in [3.05, 3.63) is 27.5 Å². The Labute approximate surface area is 99.0 Å². The molecule has 0 bridgehead atoms. The predicted octanol–water partition coefficient (Wildman–Crippen LogP) is 3.59. The van der Waals surface area contributed by atoms with Crippen LogP contribution in [-0.4, -0.2) is 4.98 Å². The molecule has 0 saturated heterocycles. The summed E-state index contributed by atoms with van der Waals surface area (Å²) < 4.78 is 25.1. The minimum absolute atomic E-state index is 0.0445.